The van der Waals surface area contributed by atoms with Crippen LogP contribution in [0.1, 0.15) is 77.6 Å². The van der Waals surface area contributed by atoms with Crippen molar-refractivity contribution in [1.82, 2.24) is 0 Å². The molecule has 0 spiro atoms. The third-order valence-electron chi connectivity index (χ3n) is 3.37. The maximum Gasteiger partial charge on any atom is 0.291 e. The highest BCUT2D eigenvalue weighted by atomic mass is 16.7. The van der Waals surface area contributed by atoms with Gasteiger partial charge in [-0.2, -0.15) is 0 Å². The Morgan fingerprint density at radius 2 is 1.17 bits per heavy atom. The van der Waals surface area contributed by atoms with E-state index in [1.165, 1.54) is 44.9 Å². The predicted octanol–water partition coefficient (Wildman–Crippen LogP) is 2.26. The molecule has 4 heteroatoms. The molecule has 1 atom stereocenters. The van der Waals surface area contributed by atoms with Crippen LogP contribution in [-0.4, -0.2) is 27.3 Å². The lowest BCUT2D eigenvalue weighted by atomic mass is 10.0. The maximum atomic E-state index is 8.82. The molecule has 110 valence electrons. The standard InChI is InChI=1S/C14H31NO3/c1-2-3-4-5-6-7-8-9-10-11-12-13(15)14(16,17)18/h13,16-18H,2-12,15H2,1H3. The molecule has 0 radical (unpaired) electrons. The predicted molar refractivity (Wildman–Crippen MR) is 73.8 cm³/mol. The lowest BCUT2D eigenvalue weighted by molar-refractivity contribution is -0.323. The van der Waals surface area contributed by atoms with Gasteiger partial charge in [-0.15, -0.1) is 0 Å². The summed E-state index contributed by atoms with van der Waals surface area (Å²) in [6.07, 6.45) is 12.7. The van der Waals surface area contributed by atoms with Crippen molar-refractivity contribution in [3.05, 3.63) is 0 Å². The van der Waals surface area contributed by atoms with Crippen molar-refractivity contribution in [1.29, 1.82) is 0 Å². The van der Waals surface area contributed by atoms with Crippen LogP contribution in [-0.2, 0) is 0 Å². The van der Waals surface area contributed by atoms with Crippen molar-refractivity contribution in [3.63, 3.8) is 0 Å². The number of rotatable bonds is 12. The fourth-order valence-electron chi connectivity index (χ4n) is 2.05. The monoisotopic (exact) mass is 261 g/mol. The zero-order chi connectivity index (χ0) is 13.9. The summed E-state index contributed by atoms with van der Waals surface area (Å²) < 4.78 is 0. The summed E-state index contributed by atoms with van der Waals surface area (Å²) in [7, 11) is 0. The average molecular weight is 261 g/mol. The van der Waals surface area contributed by atoms with Crippen molar-refractivity contribution >= 4 is 0 Å². The van der Waals surface area contributed by atoms with Crippen LogP contribution in [0.2, 0.25) is 0 Å². The van der Waals surface area contributed by atoms with E-state index in [4.69, 9.17) is 21.1 Å². The summed E-state index contributed by atoms with van der Waals surface area (Å²) in [5, 5.41) is 26.4. The second-order valence-corrected chi connectivity index (χ2v) is 5.26. The van der Waals surface area contributed by atoms with Gasteiger partial charge in [0.15, 0.2) is 0 Å². The number of aliphatic hydroxyl groups is 3. The molecule has 0 rings (SSSR count). The van der Waals surface area contributed by atoms with E-state index >= 15 is 0 Å². The summed E-state index contributed by atoms with van der Waals surface area (Å²) >= 11 is 0. The molecule has 5 N–H and O–H groups in total. The molecule has 0 saturated carbocycles. The van der Waals surface area contributed by atoms with E-state index < -0.39 is 12.0 Å². The molecule has 0 aromatic heterocycles. The van der Waals surface area contributed by atoms with Crippen LogP contribution in [0.25, 0.3) is 0 Å². The van der Waals surface area contributed by atoms with Crippen molar-refractivity contribution in [3.8, 4) is 0 Å². The molecule has 1 unspecified atom stereocenters. The zero-order valence-electron chi connectivity index (χ0n) is 11.8. The Kier molecular flexibility index (Phi) is 10.6. The third-order valence-corrected chi connectivity index (χ3v) is 3.37. The first-order chi connectivity index (χ1) is 8.48. The van der Waals surface area contributed by atoms with Gasteiger partial charge in [0.2, 0.25) is 0 Å². The first kappa shape index (κ1) is 17.8. The Bertz CT molecular complexity index is 180. The van der Waals surface area contributed by atoms with Gasteiger partial charge in [-0.05, 0) is 6.42 Å². The largest absolute Gasteiger partial charge is 0.342 e. The Hall–Kier alpha value is -0.160. The molecule has 0 aromatic carbocycles. The smallest absolute Gasteiger partial charge is 0.291 e. The first-order valence-electron chi connectivity index (χ1n) is 7.41. The van der Waals surface area contributed by atoms with Crippen LogP contribution in [0.4, 0.5) is 0 Å². The van der Waals surface area contributed by atoms with Crippen LogP contribution >= 0.6 is 0 Å². The van der Waals surface area contributed by atoms with E-state index in [1.54, 1.807) is 0 Å². The Morgan fingerprint density at radius 1 is 0.778 bits per heavy atom. The number of unbranched alkanes of at least 4 members (excludes halogenated alkanes) is 9. The molecule has 0 aliphatic heterocycles. The molecule has 0 amide bonds. The average Bonchev–Trinajstić information content (AvgIpc) is 2.30. The fraction of sp³-hybridized carbons (Fsp3) is 1.00. The summed E-state index contributed by atoms with van der Waals surface area (Å²) in [5.74, 6) is -2.72. The van der Waals surface area contributed by atoms with Gasteiger partial charge in [-0.3, -0.25) is 0 Å². The minimum atomic E-state index is -2.72. The van der Waals surface area contributed by atoms with Crippen LogP contribution in [0.5, 0.6) is 0 Å². The summed E-state index contributed by atoms with van der Waals surface area (Å²) in [5.41, 5.74) is 5.41. The minimum Gasteiger partial charge on any atom is -0.342 e. The quantitative estimate of drug-likeness (QED) is 0.320. The van der Waals surface area contributed by atoms with E-state index in [2.05, 4.69) is 6.92 Å². The van der Waals surface area contributed by atoms with Crippen LogP contribution in [0.3, 0.4) is 0 Å². The van der Waals surface area contributed by atoms with Crippen LogP contribution < -0.4 is 5.73 Å². The number of hydrogen-bond donors (Lipinski definition) is 4. The molecule has 0 aliphatic carbocycles. The van der Waals surface area contributed by atoms with Crippen molar-refractivity contribution in [2.45, 2.75) is 89.6 Å². The SMILES string of the molecule is CCCCCCCCCCCCC(N)C(O)(O)O. The van der Waals surface area contributed by atoms with E-state index in [0.717, 1.165) is 19.3 Å². The second kappa shape index (κ2) is 10.7. The van der Waals surface area contributed by atoms with Gasteiger partial charge in [0.1, 0.15) is 0 Å². The number of nitrogens with two attached hydrogens (primary N) is 1. The van der Waals surface area contributed by atoms with Crippen molar-refractivity contribution < 1.29 is 15.3 Å². The molecule has 0 saturated heterocycles. The van der Waals surface area contributed by atoms with Crippen LogP contribution in [0.15, 0.2) is 0 Å². The van der Waals surface area contributed by atoms with E-state index in [1.807, 2.05) is 0 Å². The van der Waals surface area contributed by atoms with Crippen molar-refractivity contribution in [2.24, 2.45) is 5.73 Å². The fourth-order valence-corrected chi connectivity index (χ4v) is 2.05. The molecular weight excluding hydrogens is 230 g/mol. The molecule has 0 aromatic rings. The highest BCUT2D eigenvalue weighted by Gasteiger charge is 2.27. The van der Waals surface area contributed by atoms with Gasteiger partial charge in [0.25, 0.3) is 5.97 Å². The Labute approximate surface area is 111 Å². The molecule has 0 heterocycles. The Morgan fingerprint density at radius 3 is 1.56 bits per heavy atom. The van der Waals surface area contributed by atoms with E-state index in [-0.39, 0.29) is 0 Å². The number of hydrogen-bond acceptors (Lipinski definition) is 4. The summed E-state index contributed by atoms with van der Waals surface area (Å²) in [6, 6.07) is -0.966. The molecule has 0 bridgehead atoms. The topological polar surface area (TPSA) is 86.7 Å². The Balaban J connectivity index is 3.17. The molecular formula is C14H31NO3. The van der Waals surface area contributed by atoms with Gasteiger partial charge < -0.3 is 21.1 Å². The van der Waals surface area contributed by atoms with E-state index in [0.29, 0.717) is 6.42 Å². The van der Waals surface area contributed by atoms with Crippen LogP contribution in [0, 0.1) is 0 Å². The normalized spacial score (nSPS) is 13.8. The summed E-state index contributed by atoms with van der Waals surface area (Å²) in [6.45, 7) is 2.23. The molecule has 0 fully saturated rings. The molecule has 4 nitrogen and oxygen atoms in total. The summed E-state index contributed by atoms with van der Waals surface area (Å²) in [4.78, 5) is 0. The highest BCUT2D eigenvalue weighted by molar-refractivity contribution is 4.68. The zero-order valence-corrected chi connectivity index (χ0v) is 11.8. The molecule has 0 aliphatic rings. The first-order valence-corrected chi connectivity index (χ1v) is 7.41. The minimum absolute atomic E-state index is 0.444. The van der Waals surface area contributed by atoms with E-state index in [9.17, 15) is 0 Å². The second-order valence-electron chi connectivity index (χ2n) is 5.26. The van der Waals surface area contributed by atoms with Gasteiger partial charge in [0, 0.05) is 0 Å². The van der Waals surface area contributed by atoms with Crippen molar-refractivity contribution in [2.75, 3.05) is 0 Å². The van der Waals surface area contributed by atoms with Gasteiger partial charge in [-0.25, -0.2) is 0 Å². The third kappa shape index (κ3) is 11.0. The maximum absolute atomic E-state index is 8.82. The lowest BCUT2D eigenvalue weighted by Crippen LogP contribution is -2.47. The van der Waals surface area contributed by atoms with Gasteiger partial charge >= 0.3 is 0 Å². The van der Waals surface area contributed by atoms with Gasteiger partial charge in [0.05, 0.1) is 6.04 Å². The van der Waals surface area contributed by atoms with Gasteiger partial charge in [-0.1, -0.05) is 71.1 Å². The highest BCUT2D eigenvalue weighted by Crippen LogP contribution is 2.13. The lowest BCUT2D eigenvalue weighted by Gasteiger charge is -2.21. The molecule has 18 heavy (non-hydrogen) atoms.